The third-order valence-electron chi connectivity index (χ3n) is 3.88. The summed E-state index contributed by atoms with van der Waals surface area (Å²) >= 11 is 3.32. The van der Waals surface area contributed by atoms with E-state index in [0.29, 0.717) is 22.6 Å². The summed E-state index contributed by atoms with van der Waals surface area (Å²) < 4.78 is 6.20. The topological polar surface area (TPSA) is 79.2 Å². The first-order chi connectivity index (χ1) is 14.0. The average molecular weight is 447 g/mol. The van der Waals surface area contributed by atoms with E-state index in [-0.39, 0.29) is 5.57 Å². The van der Waals surface area contributed by atoms with E-state index in [1.165, 1.54) is 6.08 Å². The van der Waals surface area contributed by atoms with Crippen LogP contribution < -0.4 is 10.1 Å². The van der Waals surface area contributed by atoms with Gasteiger partial charge in [-0.15, -0.1) is 0 Å². The van der Waals surface area contributed by atoms with E-state index in [0.717, 1.165) is 4.47 Å². The Labute approximate surface area is 176 Å². The zero-order valence-corrected chi connectivity index (χ0v) is 16.7. The molecule has 5 nitrogen and oxygen atoms in total. The lowest BCUT2D eigenvalue weighted by atomic mass is 10.1. The number of ether oxygens (including phenoxy) is 1. The fraction of sp³-hybridized carbons (Fsp3) is 0. The summed E-state index contributed by atoms with van der Waals surface area (Å²) in [5.74, 6) is -0.594. The Hall–Kier alpha value is -3.69. The van der Waals surface area contributed by atoms with E-state index < -0.39 is 11.9 Å². The van der Waals surface area contributed by atoms with Crippen molar-refractivity contribution in [1.29, 1.82) is 5.26 Å². The fourth-order valence-electron chi connectivity index (χ4n) is 2.42. The fourth-order valence-corrected chi connectivity index (χ4v) is 2.68. The Bertz CT molecular complexity index is 1080. The molecule has 0 bridgehead atoms. The number of nitrogens with one attached hydrogen (secondary N) is 1. The monoisotopic (exact) mass is 446 g/mol. The lowest BCUT2D eigenvalue weighted by Gasteiger charge is -2.06. The number of hydrogen-bond donors (Lipinski definition) is 1. The van der Waals surface area contributed by atoms with Crippen molar-refractivity contribution in [2.24, 2.45) is 0 Å². The molecule has 0 saturated heterocycles. The normalized spacial score (nSPS) is 10.7. The van der Waals surface area contributed by atoms with Gasteiger partial charge < -0.3 is 10.1 Å². The molecule has 0 aromatic heterocycles. The molecule has 0 aliphatic rings. The summed E-state index contributed by atoms with van der Waals surface area (Å²) in [4.78, 5) is 24.4. The highest BCUT2D eigenvalue weighted by Crippen LogP contribution is 2.18. The molecule has 29 heavy (non-hydrogen) atoms. The summed E-state index contributed by atoms with van der Waals surface area (Å²) in [6.07, 6.45) is 1.47. The molecule has 6 heteroatoms. The number of nitriles is 1. The van der Waals surface area contributed by atoms with Crippen LogP contribution >= 0.6 is 15.9 Å². The van der Waals surface area contributed by atoms with Crippen molar-refractivity contribution < 1.29 is 14.3 Å². The summed E-state index contributed by atoms with van der Waals surface area (Å²) in [5.41, 5.74) is 1.63. The Balaban J connectivity index is 1.68. The van der Waals surface area contributed by atoms with Crippen LogP contribution in [0.25, 0.3) is 6.08 Å². The first-order valence-corrected chi connectivity index (χ1v) is 9.40. The van der Waals surface area contributed by atoms with E-state index in [4.69, 9.17) is 4.74 Å². The van der Waals surface area contributed by atoms with Crippen LogP contribution in [0.1, 0.15) is 15.9 Å². The number of amides is 1. The molecule has 1 amide bonds. The number of carbonyl (C=O) groups excluding carboxylic acids is 2. The maximum atomic E-state index is 12.3. The molecule has 0 atom stereocenters. The third-order valence-corrected chi connectivity index (χ3v) is 4.41. The van der Waals surface area contributed by atoms with E-state index in [1.54, 1.807) is 72.8 Å². The molecule has 0 spiro atoms. The van der Waals surface area contributed by atoms with Gasteiger partial charge in [0.05, 0.1) is 5.56 Å². The van der Waals surface area contributed by atoms with Gasteiger partial charge in [-0.3, -0.25) is 4.79 Å². The minimum atomic E-state index is -0.505. The molecule has 3 aromatic carbocycles. The molecule has 3 rings (SSSR count). The number of anilines is 1. The maximum absolute atomic E-state index is 12.3. The van der Waals surface area contributed by atoms with Gasteiger partial charge in [0.2, 0.25) is 0 Å². The molecule has 0 saturated carbocycles. The highest BCUT2D eigenvalue weighted by atomic mass is 79.9. The van der Waals surface area contributed by atoms with Crippen molar-refractivity contribution in [2.45, 2.75) is 0 Å². The molecule has 3 aromatic rings. The zero-order valence-electron chi connectivity index (χ0n) is 15.1. The summed E-state index contributed by atoms with van der Waals surface area (Å²) in [6, 6.07) is 24.2. The van der Waals surface area contributed by atoms with Crippen LogP contribution in [-0.2, 0) is 4.79 Å². The molecular formula is C23H15BrN2O3. The van der Waals surface area contributed by atoms with Crippen molar-refractivity contribution in [1.82, 2.24) is 0 Å². The predicted molar refractivity (Wildman–Crippen MR) is 114 cm³/mol. The molecular weight excluding hydrogens is 432 g/mol. The number of hydrogen-bond acceptors (Lipinski definition) is 4. The van der Waals surface area contributed by atoms with Crippen LogP contribution in [0, 0.1) is 11.3 Å². The van der Waals surface area contributed by atoms with Crippen LogP contribution in [0.2, 0.25) is 0 Å². The van der Waals surface area contributed by atoms with Gasteiger partial charge >= 0.3 is 5.97 Å². The van der Waals surface area contributed by atoms with Crippen LogP contribution in [0.3, 0.4) is 0 Å². The second kappa shape index (κ2) is 9.49. The molecule has 1 N–H and O–H groups in total. The first kappa shape index (κ1) is 20.1. The second-order valence-electron chi connectivity index (χ2n) is 5.96. The molecule has 142 valence electrons. The van der Waals surface area contributed by atoms with Crippen LogP contribution in [0.15, 0.2) is 88.9 Å². The number of benzene rings is 3. The quantitative estimate of drug-likeness (QED) is 0.252. The Kier molecular flexibility index (Phi) is 6.56. The van der Waals surface area contributed by atoms with E-state index in [2.05, 4.69) is 21.2 Å². The number of halogens is 1. The Morgan fingerprint density at radius 3 is 2.21 bits per heavy atom. The average Bonchev–Trinajstić information content (AvgIpc) is 2.75. The van der Waals surface area contributed by atoms with E-state index in [9.17, 15) is 14.9 Å². The smallest absolute Gasteiger partial charge is 0.343 e. The lowest BCUT2D eigenvalue weighted by molar-refractivity contribution is -0.112. The van der Waals surface area contributed by atoms with Gasteiger partial charge in [0, 0.05) is 10.2 Å². The molecule has 0 fully saturated rings. The van der Waals surface area contributed by atoms with Crippen molar-refractivity contribution in [3.05, 3.63) is 100 Å². The first-order valence-electron chi connectivity index (χ1n) is 8.61. The number of nitrogens with zero attached hydrogens (tertiary/aromatic N) is 1. The molecule has 0 radical (unpaired) electrons. The minimum Gasteiger partial charge on any atom is -0.423 e. The number of carbonyl (C=O) groups is 2. The molecule has 0 aliphatic carbocycles. The van der Waals surface area contributed by atoms with Crippen LogP contribution in [-0.4, -0.2) is 11.9 Å². The summed E-state index contributed by atoms with van der Waals surface area (Å²) in [7, 11) is 0. The van der Waals surface area contributed by atoms with Gasteiger partial charge in [-0.05, 0) is 60.2 Å². The van der Waals surface area contributed by atoms with Crippen molar-refractivity contribution in [3.63, 3.8) is 0 Å². The Morgan fingerprint density at radius 2 is 1.59 bits per heavy atom. The van der Waals surface area contributed by atoms with E-state index in [1.807, 2.05) is 12.1 Å². The molecule has 0 unspecified atom stereocenters. The zero-order chi connectivity index (χ0) is 20.6. The maximum Gasteiger partial charge on any atom is 0.343 e. The van der Waals surface area contributed by atoms with Crippen molar-refractivity contribution >= 4 is 39.6 Å². The highest BCUT2D eigenvalue weighted by molar-refractivity contribution is 9.10. The van der Waals surface area contributed by atoms with Gasteiger partial charge in [0.15, 0.2) is 0 Å². The predicted octanol–water partition coefficient (Wildman–Crippen LogP) is 5.21. The van der Waals surface area contributed by atoms with Crippen LogP contribution in [0.5, 0.6) is 5.75 Å². The van der Waals surface area contributed by atoms with Crippen LogP contribution in [0.4, 0.5) is 5.69 Å². The second-order valence-corrected chi connectivity index (χ2v) is 6.87. The standard InChI is InChI=1S/C23H15BrN2O3/c24-19-8-10-20(11-9-19)26-22(27)18(15-25)14-16-6-12-21(13-7-16)29-23(28)17-4-2-1-3-5-17/h1-14H,(H,26,27)/b18-14-. The van der Waals surface area contributed by atoms with Gasteiger partial charge in [0.1, 0.15) is 17.4 Å². The lowest BCUT2D eigenvalue weighted by Crippen LogP contribution is -2.13. The summed E-state index contributed by atoms with van der Waals surface area (Å²) in [5, 5.41) is 12.0. The third kappa shape index (κ3) is 5.64. The van der Waals surface area contributed by atoms with Crippen molar-refractivity contribution in [2.75, 3.05) is 5.32 Å². The van der Waals surface area contributed by atoms with Gasteiger partial charge in [-0.1, -0.05) is 46.3 Å². The van der Waals surface area contributed by atoms with Gasteiger partial charge in [-0.25, -0.2) is 4.79 Å². The van der Waals surface area contributed by atoms with Gasteiger partial charge in [0.25, 0.3) is 5.91 Å². The number of rotatable bonds is 5. The van der Waals surface area contributed by atoms with Gasteiger partial charge in [-0.2, -0.15) is 5.26 Å². The largest absolute Gasteiger partial charge is 0.423 e. The molecule has 0 heterocycles. The SMILES string of the molecule is N#C/C(=C/c1ccc(OC(=O)c2ccccc2)cc1)C(=O)Nc1ccc(Br)cc1. The minimum absolute atomic E-state index is 0.0399. The Morgan fingerprint density at radius 1 is 0.931 bits per heavy atom. The number of esters is 1. The highest BCUT2D eigenvalue weighted by Gasteiger charge is 2.10. The molecule has 0 aliphatic heterocycles. The van der Waals surface area contributed by atoms with Crippen molar-refractivity contribution in [3.8, 4) is 11.8 Å². The summed E-state index contributed by atoms with van der Waals surface area (Å²) in [6.45, 7) is 0. The van der Waals surface area contributed by atoms with E-state index >= 15 is 0 Å².